The van der Waals surface area contributed by atoms with Crippen LogP contribution in [0.1, 0.15) is 37.2 Å². The molecular weight excluding hydrogens is 398 g/mol. The summed E-state index contributed by atoms with van der Waals surface area (Å²) in [6, 6.07) is 11.6. The van der Waals surface area contributed by atoms with Crippen molar-refractivity contribution < 1.29 is 9.53 Å². The van der Waals surface area contributed by atoms with Gasteiger partial charge < -0.3 is 10.1 Å². The minimum atomic E-state index is -0.406. The van der Waals surface area contributed by atoms with Gasteiger partial charge in [-0.3, -0.25) is 0 Å². The van der Waals surface area contributed by atoms with Gasteiger partial charge >= 0.3 is 5.97 Å². The van der Waals surface area contributed by atoms with E-state index in [2.05, 4.69) is 67.5 Å². The smallest absolute Gasteiger partial charge is 0.330 e. The minimum Gasteiger partial charge on any atom is -0.461 e. The lowest BCUT2D eigenvalue weighted by molar-refractivity contribution is -0.149. The van der Waals surface area contributed by atoms with Crippen LogP contribution in [-0.4, -0.2) is 27.9 Å². The van der Waals surface area contributed by atoms with Crippen molar-refractivity contribution in [3.63, 3.8) is 0 Å². The van der Waals surface area contributed by atoms with Crippen LogP contribution < -0.4 is 5.32 Å². The zero-order valence-electron chi connectivity index (χ0n) is 11.7. The Morgan fingerprint density at radius 1 is 1.10 bits per heavy atom. The molecule has 1 aromatic carbocycles. The van der Waals surface area contributed by atoms with Crippen LogP contribution in [-0.2, 0) is 9.53 Å². The summed E-state index contributed by atoms with van der Waals surface area (Å²) in [6.07, 6.45) is 4.13. The van der Waals surface area contributed by atoms with Crippen molar-refractivity contribution in [2.24, 2.45) is 0 Å². The lowest BCUT2D eigenvalue weighted by Gasteiger charge is -2.43. The van der Waals surface area contributed by atoms with E-state index in [1.165, 1.54) is 5.56 Å². The molecular formula is C16H19Br2NO2. The van der Waals surface area contributed by atoms with Gasteiger partial charge in [0.1, 0.15) is 6.10 Å². The summed E-state index contributed by atoms with van der Waals surface area (Å²) in [6.45, 7) is 0. The second-order valence-electron chi connectivity index (χ2n) is 5.97. The van der Waals surface area contributed by atoms with E-state index in [4.69, 9.17) is 4.74 Å². The van der Waals surface area contributed by atoms with Crippen molar-refractivity contribution in [1.29, 1.82) is 0 Å². The highest BCUT2D eigenvalue weighted by atomic mass is 79.9. The Kier molecular flexibility index (Phi) is 5.02. The van der Waals surface area contributed by atoms with Crippen LogP contribution in [0.25, 0.3) is 0 Å². The van der Waals surface area contributed by atoms with E-state index in [-0.39, 0.29) is 12.1 Å². The molecule has 0 spiro atoms. The molecule has 2 aliphatic rings. The third-order valence-corrected chi connectivity index (χ3v) is 5.18. The first kappa shape index (κ1) is 15.5. The van der Waals surface area contributed by atoms with Gasteiger partial charge in [-0.25, -0.2) is 4.79 Å². The maximum absolute atomic E-state index is 11.7. The number of fused-ring (bicyclic) bond motifs is 2. The van der Waals surface area contributed by atoms with Gasteiger partial charge in [0, 0.05) is 12.1 Å². The fourth-order valence-electron chi connectivity index (χ4n) is 3.62. The molecule has 2 bridgehead atoms. The molecule has 2 atom stereocenters. The number of halogens is 2. The maximum Gasteiger partial charge on any atom is 0.330 e. The summed E-state index contributed by atoms with van der Waals surface area (Å²) in [7, 11) is 0. The molecule has 0 aliphatic carbocycles. The third-order valence-electron chi connectivity index (χ3n) is 4.44. The molecule has 2 fully saturated rings. The van der Waals surface area contributed by atoms with Gasteiger partial charge in [-0.1, -0.05) is 62.2 Å². The van der Waals surface area contributed by atoms with Crippen molar-refractivity contribution in [3.05, 3.63) is 35.9 Å². The van der Waals surface area contributed by atoms with E-state index in [1.54, 1.807) is 0 Å². The normalized spacial score (nSPS) is 32.0. The lowest BCUT2D eigenvalue weighted by atomic mass is 9.76. The Balaban J connectivity index is 1.61. The topological polar surface area (TPSA) is 38.3 Å². The summed E-state index contributed by atoms with van der Waals surface area (Å²) in [5.41, 5.74) is 1.44. The van der Waals surface area contributed by atoms with E-state index in [1.807, 2.05) is 0 Å². The van der Waals surface area contributed by atoms with E-state index in [0.29, 0.717) is 18.0 Å². The SMILES string of the molecule is O=C(OC1CC2CC(c3ccccc3)CC(C1)N2)C(Br)Br. The zero-order valence-corrected chi connectivity index (χ0v) is 14.8. The molecule has 0 aromatic heterocycles. The first-order valence-electron chi connectivity index (χ1n) is 7.41. The number of hydrogen-bond acceptors (Lipinski definition) is 3. The average molecular weight is 417 g/mol. The fourth-order valence-corrected chi connectivity index (χ4v) is 3.84. The predicted octanol–water partition coefficient (Wildman–Crippen LogP) is 3.71. The average Bonchev–Trinajstić information content (AvgIpc) is 2.47. The predicted molar refractivity (Wildman–Crippen MR) is 89.9 cm³/mol. The number of piperidine rings is 2. The Hall–Kier alpha value is -0.390. The quantitative estimate of drug-likeness (QED) is 0.602. The fraction of sp³-hybridized carbons (Fsp3) is 0.562. The highest BCUT2D eigenvalue weighted by Crippen LogP contribution is 2.37. The van der Waals surface area contributed by atoms with Crippen molar-refractivity contribution in [1.82, 2.24) is 5.32 Å². The summed E-state index contributed by atoms with van der Waals surface area (Å²) in [5.74, 6) is 0.402. The number of nitrogens with one attached hydrogen (secondary N) is 1. The highest BCUT2D eigenvalue weighted by molar-refractivity contribution is 9.25. The molecule has 1 N–H and O–H groups in total. The van der Waals surface area contributed by atoms with Crippen LogP contribution in [0.2, 0.25) is 0 Å². The molecule has 2 heterocycles. The number of hydrogen-bond donors (Lipinski definition) is 1. The van der Waals surface area contributed by atoms with Crippen LogP contribution in [0.3, 0.4) is 0 Å². The van der Waals surface area contributed by atoms with Gasteiger partial charge in [0.05, 0.1) is 0 Å². The van der Waals surface area contributed by atoms with Crippen LogP contribution in [0.4, 0.5) is 0 Å². The molecule has 21 heavy (non-hydrogen) atoms. The minimum absolute atomic E-state index is 0.0445. The summed E-state index contributed by atoms with van der Waals surface area (Å²) in [4.78, 5) is 11.7. The molecule has 3 rings (SSSR count). The molecule has 0 saturated carbocycles. The van der Waals surface area contributed by atoms with Gasteiger partial charge in [0.25, 0.3) is 0 Å². The summed E-state index contributed by atoms with van der Waals surface area (Å²) in [5, 5.41) is 3.67. The van der Waals surface area contributed by atoms with Crippen LogP contribution in [0.15, 0.2) is 30.3 Å². The molecule has 0 amide bonds. The van der Waals surface area contributed by atoms with E-state index in [9.17, 15) is 4.79 Å². The van der Waals surface area contributed by atoms with Crippen LogP contribution >= 0.6 is 31.9 Å². The molecule has 1 aromatic rings. The summed E-state index contributed by atoms with van der Waals surface area (Å²) < 4.78 is 5.15. The molecule has 3 nitrogen and oxygen atoms in total. The van der Waals surface area contributed by atoms with E-state index >= 15 is 0 Å². The Labute approximate surface area is 142 Å². The molecule has 114 valence electrons. The summed E-state index contributed by atoms with van der Waals surface area (Å²) >= 11 is 6.39. The number of esters is 1. The number of alkyl halides is 2. The van der Waals surface area contributed by atoms with Crippen LogP contribution in [0.5, 0.6) is 0 Å². The standard InChI is InChI=1S/C16H19Br2NO2/c17-15(18)16(20)21-14-8-12-6-11(7-13(9-14)19-12)10-4-2-1-3-5-10/h1-5,11-15,19H,6-9H2. The lowest BCUT2D eigenvalue weighted by Crippen LogP contribution is -2.53. The van der Waals surface area contributed by atoms with Crippen LogP contribution in [0, 0.1) is 0 Å². The Bertz CT molecular complexity index is 480. The maximum atomic E-state index is 11.7. The second-order valence-corrected chi connectivity index (χ2v) is 9.03. The Morgan fingerprint density at radius 2 is 1.71 bits per heavy atom. The van der Waals surface area contributed by atoms with Crippen molar-refractivity contribution in [3.8, 4) is 0 Å². The van der Waals surface area contributed by atoms with Crippen molar-refractivity contribution >= 4 is 37.8 Å². The van der Waals surface area contributed by atoms with Gasteiger partial charge in [0.2, 0.25) is 0 Å². The monoisotopic (exact) mass is 415 g/mol. The van der Waals surface area contributed by atoms with Gasteiger partial charge in [-0.2, -0.15) is 0 Å². The zero-order chi connectivity index (χ0) is 14.8. The van der Waals surface area contributed by atoms with E-state index < -0.39 is 3.74 Å². The van der Waals surface area contributed by atoms with Gasteiger partial charge in [-0.05, 0) is 37.2 Å². The number of benzene rings is 1. The molecule has 0 radical (unpaired) electrons. The number of carbonyl (C=O) groups excluding carboxylic acids is 1. The molecule has 2 unspecified atom stereocenters. The first-order chi connectivity index (χ1) is 10.1. The first-order valence-corrected chi connectivity index (χ1v) is 9.24. The number of carbonyl (C=O) groups is 1. The molecule has 2 saturated heterocycles. The van der Waals surface area contributed by atoms with E-state index in [0.717, 1.165) is 25.7 Å². The number of ether oxygens (including phenoxy) is 1. The van der Waals surface area contributed by atoms with Gasteiger partial charge in [0.15, 0.2) is 3.74 Å². The second kappa shape index (κ2) is 6.80. The number of rotatable bonds is 3. The molecule has 2 aliphatic heterocycles. The van der Waals surface area contributed by atoms with Gasteiger partial charge in [-0.15, -0.1) is 0 Å². The van der Waals surface area contributed by atoms with Crippen molar-refractivity contribution in [2.75, 3.05) is 0 Å². The van der Waals surface area contributed by atoms with Crippen molar-refractivity contribution in [2.45, 2.75) is 53.5 Å². The third kappa shape index (κ3) is 3.88. The Morgan fingerprint density at radius 3 is 2.29 bits per heavy atom. The largest absolute Gasteiger partial charge is 0.461 e. The molecule has 5 heteroatoms. The highest BCUT2D eigenvalue weighted by Gasteiger charge is 2.37.